The highest BCUT2D eigenvalue weighted by Crippen LogP contribution is 1.99. The van der Waals surface area contributed by atoms with Crippen LogP contribution in [0, 0.1) is 0 Å². The van der Waals surface area contributed by atoms with Crippen LogP contribution in [0.2, 0.25) is 6.04 Å². The van der Waals surface area contributed by atoms with Crippen molar-refractivity contribution >= 4 is 14.1 Å². The van der Waals surface area contributed by atoms with E-state index in [0.29, 0.717) is 0 Å². The maximum absolute atomic E-state index is 3.70. The Labute approximate surface area is 101 Å². The predicted molar refractivity (Wildman–Crippen MR) is 74.6 cm³/mol. The van der Waals surface area contributed by atoms with Crippen molar-refractivity contribution in [1.29, 1.82) is 0 Å². The fourth-order valence-electron chi connectivity index (χ4n) is 1.80. The Morgan fingerprint density at radius 2 is 1.88 bits per heavy atom. The summed E-state index contributed by atoms with van der Waals surface area (Å²) < 4.78 is 0. The van der Waals surface area contributed by atoms with Gasteiger partial charge in [0.1, 0.15) is 8.96 Å². The quantitative estimate of drug-likeness (QED) is 0.407. The number of hydrogen-bond acceptors (Lipinski definition) is 2. The van der Waals surface area contributed by atoms with Gasteiger partial charge in [-0.25, -0.2) is 0 Å². The van der Waals surface area contributed by atoms with Crippen LogP contribution in [0.25, 0.3) is 0 Å². The molecule has 0 aliphatic heterocycles. The zero-order chi connectivity index (χ0) is 11.6. The van der Waals surface area contributed by atoms with Gasteiger partial charge in [0.2, 0.25) is 0 Å². The van der Waals surface area contributed by atoms with E-state index in [9.17, 15) is 0 Å². The van der Waals surface area contributed by atoms with Crippen molar-refractivity contribution in [3.8, 4) is 0 Å². The molecule has 0 aromatic heterocycles. The molecule has 0 saturated heterocycles. The first-order valence-electron chi connectivity index (χ1n) is 6.37. The summed E-state index contributed by atoms with van der Waals surface area (Å²) in [5, 5.41) is 4.88. The van der Waals surface area contributed by atoms with Crippen molar-refractivity contribution in [2.45, 2.75) is 32.7 Å². The van der Waals surface area contributed by atoms with Crippen LogP contribution < -0.4 is 15.5 Å². The Bertz CT molecular complexity index is 264. The molecular formula is C13H24N2Si. The zero-order valence-electron chi connectivity index (χ0n) is 10.5. The zero-order valence-corrected chi connectivity index (χ0v) is 11.7. The van der Waals surface area contributed by atoms with Crippen molar-refractivity contribution in [2.24, 2.45) is 0 Å². The standard InChI is InChI=1S/C13H24N2Si/c1-3-5-11-16(15-12-14-4-2)13-9-7-6-8-10-13/h6-10,14-16H,3-5,11-12H2,1-2H3. The number of rotatable bonds is 8. The van der Waals surface area contributed by atoms with Gasteiger partial charge in [-0.3, -0.25) is 0 Å². The number of benzene rings is 1. The molecule has 1 aromatic carbocycles. The van der Waals surface area contributed by atoms with Crippen LogP contribution >= 0.6 is 0 Å². The molecule has 90 valence electrons. The van der Waals surface area contributed by atoms with Gasteiger partial charge in [-0.2, -0.15) is 0 Å². The van der Waals surface area contributed by atoms with E-state index in [1.807, 2.05) is 0 Å². The van der Waals surface area contributed by atoms with Crippen molar-refractivity contribution in [3.05, 3.63) is 30.3 Å². The lowest BCUT2D eigenvalue weighted by Gasteiger charge is -2.17. The average Bonchev–Trinajstić information content (AvgIpc) is 2.35. The number of hydrogen-bond donors (Lipinski definition) is 2. The molecule has 0 saturated carbocycles. The second-order valence-electron chi connectivity index (χ2n) is 4.09. The molecule has 1 aromatic rings. The molecule has 1 atom stereocenters. The summed E-state index contributed by atoms with van der Waals surface area (Å²) in [6, 6.07) is 12.3. The summed E-state index contributed by atoms with van der Waals surface area (Å²) in [4.78, 5) is 3.70. The molecule has 0 spiro atoms. The number of unbranched alkanes of at least 4 members (excludes halogenated alkanes) is 1. The first kappa shape index (κ1) is 13.4. The maximum Gasteiger partial charge on any atom is 0.142 e. The second-order valence-corrected chi connectivity index (χ2v) is 6.85. The molecule has 0 aliphatic rings. The van der Waals surface area contributed by atoms with Crippen LogP contribution in [0.4, 0.5) is 0 Å². The second kappa shape index (κ2) is 8.50. The van der Waals surface area contributed by atoms with Crippen LogP contribution in [-0.2, 0) is 0 Å². The Balaban J connectivity index is 2.49. The lowest BCUT2D eigenvalue weighted by atomic mass is 10.4. The van der Waals surface area contributed by atoms with E-state index in [0.717, 1.165) is 13.2 Å². The van der Waals surface area contributed by atoms with Crippen LogP contribution in [0.3, 0.4) is 0 Å². The van der Waals surface area contributed by atoms with Gasteiger partial charge in [-0.05, 0) is 17.8 Å². The maximum atomic E-state index is 3.70. The minimum atomic E-state index is -0.954. The van der Waals surface area contributed by atoms with E-state index in [-0.39, 0.29) is 0 Å². The summed E-state index contributed by atoms with van der Waals surface area (Å²) in [7, 11) is -0.954. The van der Waals surface area contributed by atoms with Gasteiger partial charge >= 0.3 is 0 Å². The van der Waals surface area contributed by atoms with Crippen LogP contribution in [0.1, 0.15) is 26.7 Å². The van der Waals surface area contributed by atoms with E-state index in [4.69, 9.17) is 0 Å². The van der Waals surface area contributed by atoms with Crippen LogP contribution in [-0.4, -0.2) is 22.2 Å². The van der Waals surface area contributed by atoms with Gasteiger partial charge < -0.3 is 10.3 Å². The Morgan fingerprint density at radius 3 is 2.50 bits per heavy atom. The van der Waals surface area contributed by atoms with Crippen molar-refractivity contribution in [1.82, 2.24) is 10.3 Å². The third-order valence-electron chi connectivity index (χ3n) is 2.77. The Kier molecular flexibility index (Phi) is 7.13. The predicted octanol–water partition coefficient (Wildman–Crippen LogP) is 1.57. The highest BCUT2D eigenvalue weighted by atomic mass is 28.3. The van der Waals surface area contributed by atoms with Gasteiger partial charge in [-0.15, -0.1) is 0 Å². The molecule has 0 bridgehead atoms. The molecule has 0 radical (unpaired) electrons. The molecule has 1 unspecified atom stereocenters. The normalized spacial score (nSPS) is 12.6. The molecule has 1 rings (SSSR count). The van der Waals surface area contributed by atoms with Gasteiger partial charge in [-0.1, -0.05) is 57.0 Å². The first-order chi connectivity index (χ1) is 7.88. The molecule has 2 N–H and O–H groups in total. The Morgan fingerprint density at radius 1 is 1.12 bits per heavy atom. The lowest BCUT2D eigenvalue weighted by molar-refractivity contribution is 0.696. The lowest BCUT2D eigenvalue weighted by Crippen LogP contribution is -2.48. The highest BCUT2D eigenvalue weighted by molar-refractivity contribution is 6.70. The van der Waals surface area contributed by atoms with E-state index in [1.54, 1.807) is 0 Å². The summed E-state index contributed by atoms with van der Waals surface area (Å²) in [5.74, 6) is 0. The first-order valence-corrected chi connectivity index (χ1v) is 8.34. The fraction of sp³-hybridized carbons (Fsp3) is 0.538. The SMILES string of the molecule is CCCC[SiH](NCNCC)c1ccccc1. The van der Waals surface area contributed by atoms with Crippen LogP contribution in [0.15, 0.2) is 30.3 Å². The third-order valence-corrected chi connectivity index (χ3v) is 5.64. The van der Waals surface area contributed by atoms with E-state index in [2.05, 4.69) is 54.5 Å². The van der Waals surface area contributed by atoms with Crippen molar-refractivity contribution < 1.29 is 0 Å². The molecule has 0 amide bonds. The highest BCUT2D eigenvalue weighted by Gasteiger charge is 2.11. The molecule has 0 aliphatic carbocycles. The molecule has 0 fully saturated rings. The monoisotopic (exact) mass is 236 g/mol. The van der Waals surface area contributed by atoms with E-state index < -0.39 is 8.96 Å². The largest absolute Gasteiger partial charge is 0.324 e. The minimum Gasteiger partial charge on any atom is -0.324 e. The molecule has 2 nitrogen and oxygen atoms in total. The molecule has 3 heteroatoms. The minimum absolute atomic E-state index is 0.950. The molecule has 0 heterocycles. The van der Waals surface area contributed by atoms with Gasteiger partial charge in [0.05, 0.1) is 0 Å². The van der Waals surface area contributed by atoms with E-state index in [1.165, 1.54) is 24.1 Å². The van der Waals surface area contributed by atoms with Crippen molar-refractivity contribution in [2.75, 3.05) is 13.2 Å². The molecule has 16 heavy (non-hydrogen) atoms. The summed E-state index contributed by atoms with van der Waals surface area (Å²) in [6.07, 6.45) is 2.63. The smallest absolute Gasteiger partial charge is 0.142 e. The number of nitrogens with one attached hydrogen (secondary N) is 2. The fourth-order valence-corrected chi connectivity index (χ4v) is 4.47. The summed E-state index contributed by atoms with van der Waals surface area (Å²) >= 11 is 0. The van der Waals surface area contributed by atoms with Crippen LogP contribution in [0.5, 0.6) is 0 Å². The van der Waals surface area contributed by atoms with Gasteiger partial charge in [0, 0.05) is 6.67 Å². The third kappa shape index (κ3) is 4.92. The summed E-state index contributed by atoms with van der Waals surface area (Å²) in [6.45, 7) is 6.40. The summed E-state index contributed by atoms with van der Waals surface area (Å²) in [5.41, 5.74) is 0. The van der Waals surface area contributed by atoms with Gasteiger partial charge in [0.15, 0.2) is 0 Å². The van der Waals surface area contributed by atoms with Gasteiger partial charge in [0.25, 0.3) is 0 Å². The Hall–Kier alpha value is -0.643. The molecular weight excluding hydrogens is 212 g/mol. The topological polar surface area (TPSA) is 24.1 Å². The average molecular weight is 236 g/mol. The van der Waals surface area contributed by atoms with E-state index >= 15 is 0 Å². The van der Waals surface area contributed by atoms with Crippen molar-refractivity contribution in [3.63, 3.8) is 0 Å².